The summed E-state index contributed by atoms with van der Waals surface area (Å²) in [5.74, 6) is 0.240. The number of rotatable bonds is 2. The first kappa shape index (κ1) is 12.7. The molecule has 3 aromatic rings. The lowest BCUT2D eigenvalue weighted by Crippen LogP contribution is -2.02. The van der Waals surface area contributed by atoms with Crippen molar-refractivity contribution in [2.75, 3.05) is 5.73 Å². The van der Waals surface area contributed by atoms with Gasteiger partial charge in [0.1, 0.15) is 11.6 Å². The summed E-state index contributed by atoms with van der Waals surface area (Å²) >= 11 is 6.09. The summed E-state index contributed by atoms with van der Waals surface area (Å²) in [5, 5.41) is 0.650. The predicted molar refractivity (Wildman–Crippen MR) is 82.8 cm³/mol. The van der Waals surface area contributed by atoms with Gasteiger partial charge in [0.05, 0.1) is 16.6 Å². The van der Waals surface area contributed by atoms with Crippen LogP contribution >= 0.6 is 11.6 Å². The molecule has 1 fully saturated rings. The molecule has 1 saturated carbocycles. The van der Waals surface area contributed by atoms with Crippen LogP contribution in [0.5, 0.6) is 0 Å². The molecule has 0 unspecified atom stereocenters. The van der Waals surface area contributed by atoms with E-state index >= 15 is 0 Å². The van der Waals surface area contributed by atoms with E-state index in [1.807, 2.05) is 12.1 Å². The van der Waals surface area contributed by atoms with E-state index in [9.17, 15) is 4.39 Å². The van der Waals surface area contributed by atoms with Crippen LogP contribution in [0.15, 0.2) is 36.4 Å². The fourth-order valence-corrected chi connectivity index (χ4v) is 2.89. The number of hydrogen-bond acceptors (Lipinski definition) is 2. The fourth-order valence-electron chi connectivity index (χ4n) is 2.72. The second-order valence-corrected chi connectivity index (χ2v) is 5.81. The van der Waals surface area contributed by atoms with Gasteiger partial charge in [-0.3, -0.25) is 0 Å². The van der Waals surface area contributed by atoms with Crippen LogP contribution in [0.3, 0.4) is 0 Å². The molecule has 0 saturated heterocycles. The summed E-state index contributed by atoms with van der Waals surface area (Å²) in [6.45, 7) is 0. The van der Waals surface area contributed by atoms with Crippen LogP contribution in [0.25, 0.3) is 22.4 Å². The van der Waals surface area contributed by atoms with Crippen LogP contribution in [0, 0.1) is 5.82 Å². The zero-order valence-electron chi connectivity index (χ0n) is 11.2. The smallest absolute Gasteiger partial charge is 0.146 e. The van der Waals surface area contributed by atoms with Crippen LogP contribution in [0.4, 0.5) is 10.1 Å². The highest BCUT2D eigenvalue weighted by Crippen LogP contribution is 2.43. The molecule has 106 valence electrons. The Hall–Kier alpha value is -2.07. The molecule has 1 aliphatic rings. The minimum Gasteiger partial charge on any atom is -0.398 e. The van der Waals surface area contributed by atoms with Crippen LogP contribution in [-0.4, -0.2) is 9.55 Å². The van der Waals surface area contributed by atoms with Crippen molar-refractivity contribution in [1.29, 1.82) is 0 Å². The first-order valence-corrected chi connectivity index (χ1v) is 7.25. The van der Waals surface area contributed by atoms with E-state index in [1.165, 1.54) is 6.07 Å². The molecule has 2 N–H and O–H groups in total. The average Bonchev–Trinajstić information content (AvgIpc) is 3.21. The lowest BCUT2D eigenvalue weighted by molar-refractivity contribution is 0.628. The Morgan fingerprint density at radius 3 is 2.76 bits per heavy atom. The minimum atomic E-state index is -0.349. The highest BCUT2D eigenvalue weighted by Gasteiger charge is 2.30. The van der Waals surface area contributed by atoms with Gasteiger partial charge in [0, 0.05) is 16.8 Å². The Labute approximate surface area is 126 Å². The highest BCUT2D eigenvalue weighted by atomic mass is 35.5. The van der Waals surface area contributed by atoms with Crippen molar-refractivity contribution >= 4 is 28.3 Å². The van der Waals surface area contributed by atoms with Crippen molar-refractivity contribution in [2.45, 2.75) is 18.9 Å². The van der Waals surface area contributed by atoms with Gasteiger partial charge >= 0.3 is 0 Å². The van der Waals surface area contributed by atoms with Gasteiger partial charge in [0.25, 0.3) is 0 Å². The second kappa shape index (κ2) is 4.46. The van der Waals surface area contributed by atoms with Gasteiger partial charge in [-0.1, -0.05) is 17.7 Å². The number of anilines is 1. The topological polar surface area (TPSA) is 43.8 Å². The van der Waals surface area contributed by atoms with E-state index in [2.05, 4.69) is 9.55 Å². The molecule has 0 bridgehead atoms. The maximum absolute atomic E-state index is 14.2. The first-order chi connectivity index (χ1) is 10.1. The fraction of sp³-hybridized carbons (Fsp3) is 0.188. The monoisotopic (exact) mass is 301 g/mol. The third kappa shape index (κ3) is 1.98. The number of halogens is 2. The lowest BCUT2D eigenvalue weighted by Gasteiger charge is -2.10. The first-order valence-electron chi connectivity index (χ1n) is 6.87. The molecule has 21 heavy (non-hydrogen) atoms. The number of nitrogen functional groups attached to an aromatic ring is 1. The number of aromatic nitrogens is 2. The number of hydrogen-bond donors (Lipinski definition) is 1. The van der Waals surface area contributed by atoms with Gasteiger partial charge in [-0.25, -0.2) is 9.37 Å². The van der Waals surface area contributed by atoms with Gasteiger partial charge < -0.3 is 10.3 Å². The van der Waals surface area contributed by atoms with E-state index < -0.39 is 0 Å². The van der Waals surface area contributed by atoms with Gasteiger partial charge in [0.15, 0.2) is 0 Å². The van der Waals surface area contributed by atoms with Gasteiger partial charge in [-0.15, -0.1) is 0 Å². The lowest BCUT2D eigenvalue weighted by atomic mass is 10.1. The quantitative estimate of drug-likeness (QED) is 0.712. The molecular weight excluding hydrogens is 289 g/mol. The van der Waals surface area contributed by atoms with Crippen molar-refractivity contribution in [3.8, 4) is 11.4 Å². The Bertz CT molecular complexity index is 832. The average molecular weight is 302 g/mol. The normalized spacial score (nSPS) is 14.8. The van der Waals surface area contributed by atoms with Crippen LogP contribution in [-0.2, 0) is 0 Å². The summed E-state index contributed by atoms with van der Waals surface area (Å²) in [5.41, 5.74) is 8.49. The molecule has 0 atom stereocenters. The van der Waals surface area contributed by atoms with Crippen LogP contribution < -0.4 is 5.73 Å². The molecule has 1 heterocycles. The number of imidazole rings is 1. The van der Waals surface area contributed by atoms with Crippen molar-refractivity contribution in [1.82, 2.24) is 9.55 Å². The summed E-state index contributed by atoms with van der Waals surface area (Å²) in [4.78, 5) is 4.59. The Kier molecular flexibility index (Phi) is 2.69. The summed E-state index contributed by atoms with van der Waals surface area (Å²) in [6, 6.07) is 10.6. The molecule has 1 aliphatic carbocycles. The molecule has 0 amide bonds. The van der Waals surface area contributed by atoms with Crippen LogP contribution in [0.2, 0.25) is 5.02 Å². The molecule has 1 aromatic heterocycles. The molecule has 0 radical (unpaired) electrons. The van der Waals surface area contributed by atoms with Crippen molar-refractivity contribution in [3.05, 3.63) is 47.2 Å². The zero-order chi connectivity index (χ0) is 14.6. The third-order valence-electron chi connectivity index (χ3n) is 3.83. The molecule has 0 spiro atoms. The number of nitrogens with two attached hydrogens (primary N) is 1. The molecule has 4 rings (SSSR count). The number of nitrogens with zero attached hydrogens (tertiary/aromatic N) is 2. The third-order valence-corrected chi connectivity index (χ3v) is 4.07. The van der Waals surface area contributed by atoms with Gasteiger partial charge in [0.2, 0.25) is 0 Å². The summed E-state index contributed by atoms with van der Waals surface area (Å²) in [6.07, 6.45) is 2.14. The highest BCUT2D eigenvalue weighted by molar-refractivity contribution is 6.31. The van der Waals surface area contributed by atoms with Crippen molar-refractivity contribution in [3.63, 3.8) is 0 Å². The molecule has 0 aliphatic heterocycles. The Morgan fingerprint density at radius 1 is 1.24 bits per heavy atom. The minimum absolute atomic E-state index is 0.349. The molecular formula is C16H13ClFN3. The molecule has 3 nitrogen and oxygen atoms in total. The van der Waals surface area contributed by atoms with E-state index in [1.54, 1.807) is 18.2 Å². The summed E-state index contributed by atoms with van der Waals surface area (Å²) in [7, 11) is 0. The maximum Gasteiger partial charge on any atom is 0.146 e. The maximum atomic E-state index is 14.2. The van der Waals surface area contributed by atoms with E-state index in [0.29, 0.717) is 28.1 Å². The molecule has 2 aromatic carbocycles. The van der Waals surface area contributed by atoms with E-state index in [4.69, 9.17) is 17.3 Å². The van der Waals surface area contributed by atoms with E-state index in [-0.39, 0.29) is 5.82 Å². The van der Waals surface area contributed by atoms with Gasteiger partial charge in [-0.05, 0) is 43.2 Å². The van der Waals surface area contributed by atoms with Gasteiger partial charge in [-0.2, -0.15) is 0 Å². The van der Waals surface area contributed by atoms with Crippen molar-refractivity contribution < 1.29 is 4.39 Å². The number of fused-ring (bicyclic) bond motifs is 1. The standard InChI is InChI=1S/C16H13ClFN3/c17-9-4-7-13-14(8-9)21(10-5-6-10)16(20-13)15-11(18)2-1-3-12(15)19/h1-4,7-8,10H,5-6,19H2. The largest absolute Gasteiger partial charge is 0.398 e. The van der Waals surface area contributed by atoms with Crippen molar-refractivity contribution in [2.24, 2.45) is 0 Å². The Morgan fingerprint density at radius 2 is 2.05 bits per heavy atom. The SMILES string of the molecule is Nc1cccc(F)c1-c1nc2ccc(Cl)cc2n1C1CC1. The zero-order valence-corrected chi connectivity index (χ0v) is 11.9. The predicted octanol–water partition coefficient (Wildman–Crippen LogP) is 4.41. The molecule has 5 heteroatoms. The summed E-state index contributed by atoms with van der Waals surface area (Å²) < 4.78 is 16.3. The number of benzene rings is 2. The second-order valence-electron chi connectivity index (χ2n) is 5.37. The van der Waals surface area contributed by atoms with Crippen LogP contribution in [0.1, 0.15) is 18.9 Å². The Balaban J connectivity index is 2.07. The van der Waals surface area contributed by atoms with E-state index in [0.717, 1.165) is 23.9 Å².